The van der Waals surface area contributed by atoms with Crippen molar-refractivity contribution < 1.29 is 89.4 Å². The van der Waals surface area contributed by atoms with Gasteiger partial charge in [0.2, 0.25) is 5.91 Å². The van der Waals surface area contributed by atoms with Gasteiger partial charge in [0.1, 0.15) is 73.2 Å². The molecule has 3 aliphatic heterocycles. The van der Waals surface area contributed by atoms with Gasteiger partial charge in [0.05, 0.1) is 38.6 Å². The third-order valence-electron chi connectivity index (χ3n) is 13.9. The maximum atomic E-state index is 13.3. The molecule has 3 aliphatic rings. The van der Waals surface area contributed by atoms with Crippen LogP contribution in [0.15, 0.2) is 97.2 Å². The molecule has 0 bridgehead atoms. The molecule has 0 aromatic heterocycles. The first-order chi connectivity index (χ1) is 38.3. The third kappa shape index (κ3) is 26.7. The van der Waals surface area contributed by atoms with E-state index in [1.54, 1.807) is 6.08 Å². The summed E-state index contributed by atoms with van der Waals surface area (Å²) in [5.74, 6) is -0.309. The Hall–Kier alpha value is -3.29. The normalized spacial score (nSPS) is 31.0. The second-order valence-electron chi connectivity index (χ2n) is 20.4. The molecule has 452 valence electrons. The molecule has 3 heterocycles. The number of hydrogen-bond acceptors (Lipinski definition) is 18. The van der Waals surface area contributed by atoms with Crippen LogP contribution in [0.4, 0.5) is 0 Å². The van der Waals surface area contributed by atoms with E-state index in [0.29, 0.717) is 12.8 Å². The molecule has 17 atom stereocenters. The second kappa shape index (κ2) is 42.5. The van der Waals surface area contributed by atoms with Gasteiger partial charge >= 0.3 is 0 Å². The molecule has 19 heteroatoms. The Labute approximate surface area is 469 Å². The number of rotatable bonds is 40. The fourth-order valence-corrected chi connectivity index (χ4v) is 9.09. The van der Waals surface area contributed by atoms with E-state index in [2.05, 4.69) is 104 Å². The number of carbonyl (C=O) groups is 1. The predicted octanol–water partition coefficient (Wildman–Crippen LogP) is 4.59. The molecule has 12 N–H and O–H groups in total. The zero-order chi connectivity index (χ0) is 57.6. The Balaban J connectivity index is 1.46. The third-order valence-corrected chi connectivity index (χ3v) is 13.9. The summed E-state index contributed by atoms with van der Waals surface area (Å²) in [5.41, 5.74) is 0. The summed E-state index contributed by atoms with van der Waals surface area (Å²) >= 11 is 0. The molecule has 79 heavy (non-hydrogen) atoms. The van der Waals surface area contributed by atoms with Crippen LogP contribution in [-0.4, -0.2) is 193 Å². The lowest BCUT2D eigenvalue weighted by Crippen LogP contribution is -2.66. The van der Waals surface area contributed by atoms with E-state index in [4.69, 9.17) is 28.4 Å². The quantitative estimate of drug-likeness (QED) is 0.0295. The van der Waals surface area contributed by atoms with E-state index < -0.39 is 124 Å². The van der Waals surface area contributed by atoms with Gasteiger partial charge in [-0.25, -0.2) is 0 Å². The summed E-state index contributed by atoms with van der Waals surface area (Å²) in [6.07, 6.45) is 25.6. The number of aliphatic hydroxyl groups excluding tert-OH is 11. The van der Waals surface area contributed by atoms with Gasteiger partial charge in [-0.2, -0.15) is 0 Å². The largest absolute Gasteiger partial charge is 0.394 e. The van der Waals surface area contributed by atoms with Crippen molar-refractivity contribution in [1.29, 1.82) is 0 Å². The van der Waals surface area contributed by atoms with Crippen LogP contribution in [-0.2, 0) is 33.2 Å². The molecule has 0 aromatic carbocycles. The molecule has 3 rings (SSSR count). The molecular formula is C60H99NO18. The molecular weight excluding hydrogens is 1020 g/mol. The molecule has 17 unspecified atom stereocenters. The Morgan fingerprint density at radius 1 is 0.468 bits per heavy atom. The molecule has 1 amide bonds. The average Bonchev–Trinajstić information content (AvgIpc) is 3.47. The van der Waals surface area contributed by atoms with Crippen LogP contribution in [0.5, 0.6) is 0 Å². The van der Waals surface area contributed by atoms with Gasteiger partial charge in [0, 0.05) is 6.42 Å². The number of aliphatic hydroxyl groups is 11. The first kappa shape index (κ1) is 70.0. The van der Waals surface area contributed by atoms with Crippen LogP contribution in [0.2, 0.25) is 0 Å². The van der Waals surface area contributed by atoms with E-state index in [-0.39, 0.29) is 18.9 Å². The number of ether oxygens (including phenoxy) is 6. The molecule has 19 nitrogen and oxygen atoms in total. The van der Waals surface area contributed by atoms with E-state index >= 15 is 0 Å². The number of hydrogen-bond donors (Lipinski definition) is 12. The van der Waals surface area contributed by atoms with Crippen LogP contribution < -0.4 is 5.32 Å². The first-order valence-corrected chi connectivity index (χ1v) is 29.0. The first-order valence-electron chi connectivity index (χ1n) is 29.0. The maximum absolute atomic E-state index is 13.3. The Morgan fingerprint density at radius 2 is 0.886 bits per heavy atom. The molecule has 0 radical (unpaired) electrons. The lowest BCUT2D eigenvalue weighted by atomic mass is 9.96. The fraction of sp³-hybridized carbons (Fsp3) is 0.717. The topological polar surface area (TPSA) is 307 Å². The second-order valence-corrected chi connectivity index (χ2v) is 20.4. The van der Waals surface area contributed by atoms with Crippen LogP contribution in [0, 0.1) is 0 Å². The van der Waals surface area contributed by atoms with Gasteiger partial charge in [-0.05, 0) is 83.5 Å². The van der Waals surface area contributed by atoms with Crippen molar-refractivity contribution in [3.63, 3.8) is 0 Å². The smallest absolute Gasteiger partial charge is 0.220 e. The highest BCUT2D eigenvalue weighted by molar-refractivity contribution is 5.76. The Kier molecular flexibility index (Phi) is 37.7. The zero-order valence-corrected chi connectivity index (χ0v) is 46.8. The highest BCUT2D eigenvalue weighted by Gasteiger charge is 2.53. The van der Waals surface area contributed by atoms with Gasteiger partial charge < -0.3 is 89.9 Å². The minimum absolute atomic E-state index is 0.211. The van der Waals surface area contributed by atoms with Gasteiger partial charge in [0.25, 0.3) is 0 Å². The monoisotopic (exact) mass is 1120 g/mol. The average molecular weight is 1120 g/mol. The summed E-state index contributed by atoms with van der Waals surface area (Å²) in [7, 11) is 0. The van der Waals surface area contributed by atoms with E-state index in [1.807, 2.05) is 6.08 Å². The maximum Gasteiger partial charge on any atom is 0.220 e. The van der Waals surface area contributed by atoms with Crippen LogP contribution in [0.25, 0.3) is 0 Å². The van der Waals surface area contributed by atoms with Crippen molar-refractivity contribution in [2.45, 2.75) is 247 Å². The number of carbonyl (C=O) groups excluding carboxylic acids is 1. The van der Waals surface area contributed by atoms with Crippen LogP contribution >= 0.6 is 0 Å². The van der Waals surface area contributed by atoms with Crippen molar-refractivity contribution in [2.24, 2.45) is 0 Å². The molecule has 0 aliphatic carbocycles. The summed E-state index contributed by atoms with van der Waals surface area (Å²) in [4.78, 5) is 13.3. The highest BCUT2D eigenvalue weighted by atomic mass is 16.8. The van der Waals surface area contributed by atoms with Crippen molar-refractivity contribution in [1.82, 2.24) is 5.32 Å². The van der Waals surface area contributed by atoms with Crippen molar-refractivity contribution >= 4 is 5.91 Å². The van der Waals surface area contributed by atoms with Crippen molar-refractivity contribution in [3.8, 4) is 0 Å². The highest BCUT2D eigenvalue weighted by Crippen LogP contribution is 2.33. The molecule has 3 saturated heterocycles. The lowest BCUT2D eigenvalue weighted by Gasteiger charge is -2.48. The number of amides is 1. The minimum Gasteiger partial charge on any atom is -0.394 e. The van der Waals surface area contributed by atoms with Crippen LogP contribution in [0.3, 0.4) is 0 Å². The standard InChI is InChI=1S/C60H99NO18/c1-3-5-7-9-11-13-14-15-16-17-18-19-20-21-22-23-24-25-26-27-28-30-32-34-36-38-48(66)61-43(44(65)37-35-33-31-29-12-10-8-6-4-2)42-74-58-54(72)51(69)56(46(40-63)76-58)79-60-55(73)52(70)57(47(41-64)77-60)78-59-53(71)50(68)49(67)45(39-62)75-59/h5,7,11-13,15-16,18-19,21-22,24-25,29,35,37,43-47,49-60,62-65,67-73H,3-4,6,8-10,14,17,20,23,26-28,30-34,36,38-42H2,1-2H3,(H,61,66)/b7-5-,13-11-,16-15-,19-18-,22-21-,25-24-,29-12+,37-35+. The Bertz CT molecular complexity index is 1820. The summed E-state index contributed by atoms with van der Waals surface area (Å²) in [6, 6.07) is -1.00. The molecule has 0 aromatic rings. The van der Waals surface area contributed by atoms with E-state index in [9.17, 15) is 61.0 Å². The van der Waals surface area contributed by atoms with Gasteiger partial charge in [0.15, 0.2) is 18.9 Å². The minimum atomic E-state index is -1.99. The van der Waals surface area contributed by atoms with Gasteiger partial charge in [-0.15, -0.1) is 0 Å². The summed E-state index contributed by atoms with van der Waals surface area (Å²) in [6.45, 7) is 1.47. The number of nitrogens with one attached hydrogen (secondary N) is 1. The lowest BCUT2D eigenvalue weighted by molar-refractivity contribution is -0.379. The van der Waals surface area contributed by atoms with E-state index in [0.717, 1.165) is 103 Å². The van der Waals surface area contributed by atoms with Crippen LogP contribution in [0.1, 0.15) is 142 Å². The SMILES string of the molecule is CC/C=C\C/C=C\C/C=C\C/C=C\C/C=C\C/C=C\CCCCCCCCC(=O)NC(COC1OC(CO)C(OC2OC(CO)C(OC3OC(CO)C(O)C(O)C3O)C(O)C2O)C(O)C1O)C(O)/C=C/CC/C=C/CCCCC. The summed E-state index contributed by atoms with van der Waals surface area (Å²) < 4.78 is 34.1. The zero-order valence-electron chi connectivity index (χ0n) is 46.8. The molecule has 3 fully saturated rings. The number of unbranched alkanes of at least 4 members (excludes halogenated alkanes) is 10. The van der Waals surface area contributed by atoms with Gasteiger partial charge in [-0.1, -0.05) is 150 Å². The fourth-order valence-electron chi connectivity index (χ4n) is 9.09. The summed E-state index contributed by atoms with van der Waals surface area (Å²) in [5, 5.41) is 120. The van der Waals surface area contributed by atoms with Crippen molar-refractivity contribution in [3.05, 3.63) is 97.2 Å². The predicted molar refractivity (Wildman–Crippen MR) is 300 cm³/mol. The Morgan fingerprint density at radius 3 is 1.42 bits per heavy atom. The van der Waals surface area contributed by atoms with E-state index in [1.165, 1.54) is 6.42 Å². The number of allylic oxidation sites excluding steroid dienone is 15. The molecule has 0 saturated carbocycles. The van der Waals surface area contributed by atoms with Crippen molar-refractivity contribution in [2.75, 3.05) is 26.4 Å². The van der Waals surface area contributed by atoms with Gasteiger partial charge in [-0.3, -0.25) is 4.79 Å². The molecule has 0 spiro atoms.